The highest BCUT2D eigenvalue weighted by atomic mass is 32.2. The highest BCUT2D eigenvalue weighted by Crippen LogP contribution is 2.19. The van der Waals surface area contributed by atoms with Crippen molar-refractivity contribution < 1.29 is 22.7 Å². The first-order valence-corrected chi connectivity index (χ1v) is 9.40. The van der Waals surface area contributed by atoms with Crippen molar-refractivity contribution in [3.05, 3.63) is 71.3 Å². The van der Waals surface area contributed by atoms with Crippen molar-refractivity contribution in [3.63, 3.8) is 0 Å². The number of sulfonamides is 1. The van der Waals surface area contributed by atoms with E-state index in [1.807, 2.05) is 6.92 Å². The standard InChI is InChI=1S/C18H19N3O4S/c1-3-25-18(22)17(20-19)16(14-7-5-4-6-8-14)21-26(23,24)15-11-9-13(2)10-12-15/h4-12,16,21H,3H2,1-2H3. The third-order valence-electron chi connectivity index (χ3n) is 3.60. The molecule has 0 aliphatic carbocycles. The summed E-state index contributed by atoms with van der Waals surface area (Å²) in [7, 11) is -3.98. The number of ether oxygens (including phenoxy) is 1. The molecule has 0 bridgehead atoms. The molecule has 0 aromatic heterocycles. The minimum atomic E-state index is -3.98. The molecule has 0 heterocycles. The molecular formula is C18H19N3O4S. The van der Waals surface area contributed by atoms with E-state index in [9.17, 15) is 18.7 Å². The van der Waals surface area contributed by atoms with E-state index in [-0.39, 0.29) is 11.5 Å². The zero-order valence-electron chi connectivity index (χ0n) is 14.4. The minimum absolute atomic E-state index is 0.0326. The van der Waals surface area contributed by atoms with Crippen LogP contribution in [-0.2, 0) is 19.6 Å². The molecular weight excluding hydrogens is 354 g/mol. The molecule has 0 fully saturated rings. The van der Waals surface area contributed by atoms with E-state index in [1.54, 1.807) is 49.4 Å². The summed E-state index contributed by atoms with van der Waals surface area (Å²) in [5, 5.41) is 0. The number of nitrogens with zero attached hydrogens (tertiary/aromatic N) is 2. The van der Waals surface area contributed by atoms with Crippen molar-refractivity contribution in [2.24, 2.45) is 0 Å². The van der Waals surface area contributed by atoms with Crippen LogP contribution in [0.25, 0.3) is 5.53 Å². The van der Waals surface area contributed by atoms with Gasteiger partial charge in [0.15, 0.2) is 6.04 Å². The lowest BCUT2D eigenvalue weighted by atomic mass is 10.0. The van der Waals surface area contributed by atoms with Gasteiger partial charge in [-0.2, -0.15) is 9.51 Å². The number of carbonyl (C=O) groups excluding carboxylic acids is 1. The smallest absolute Gasteiger partial charge is 0.419 e. The Balaban J connectivity index is 2.46. The second-order valence-electron chi connectivity index (χ2n) is 5.48. The molecule has 0 saturated carbocycles. The van der Waals surface area contributed by atoms with E-state index >= 15 is 0 Å². The van der Waals surface area contributed by atoms with Gasteiger partial charge in [0.25, 0.3) is 0 Å². The molecule has 7 nitrogen and oxygen atoms in total. The molecule has 2 aromatic carbocycles. The van der Waals surface area contributed by atoms with Crippen molar-refractivity contribution >= 4 is 21.7 Å². The minimum Gasteiger partial charge on any atom is -0.457 e. The second-order valence-corrected chi connectivity index (χ2v) is 7.20. The molecule has 1 unspecified atom stereocenters. The maximum atomic E-state index is 12.7. The molecule has 0 spiro atoms. The van der Waals surface area contributed by atoms with Gasteiger partial charge < -0.3 is 10.3 Å². The lowest BCUT2D eigenvalue weighted by Gasteiger charge is -2.15. The highest BCUT2D eigenvalue weighted by molar-refractivity contribution is 7.89. The van der Waals surface area contributed by atoms with Gasteiger partial charge in [-0.15, -0.1) is 0 Å². The Bertz CT molecular complexity index is 919. The predicted octanol–water partition coefficient (Wildman–Crippen LogP) is 2.25. The van der Waals surface area contributed by atoms with Gasteiger partial charge >= 0.3 is 11.7 Å². The zero-order chi connectivity index (χ0) is 19.2. The van der Waals surface area contributed by atoms with Gasteiger partial charge in [0.2, 0.25) is 10.0 Å². The Morgan fingerprint density at radius 2 is 1.77 bits per heavy atom. The average molecular weight is 373 g/mol. The molecule has 26 heavy (non-hydrogen) atoms. The van der Waals surface area contributed by atoms with Crippen LogP contribution in [0.1, 0.15) is 24.1 Å². The van der Waals surface area contributed by atoms with Crippen LogP contribution >= 0.6 is 0 Å². The maximum Gasteiger partial charge on any atom is 0.419 e. The molecule has 1 atom stereocenters. The molecule has 2 rings (SSSR count). The van der Waals surface area contributed by atoms with Gasteiger partial charge in [0.05, 0.1) is 11.5 Å². The van der Waals surface area contributed by atoms with Crippen LogP contribution in [0.2, 0.25) is 0 Å². The Hall–Kier alpha value is -2.80. The predicted molar refractivity (Wildman–Crippen MR) is 95.9 cm³/mol. The van der Waals surface area contributed by atoms with E-state index in [0.29, 0.717) is 5.56 Å². The van der Waals surface area contributed by atoms with Gasteiger partial charge in [-0.1, -0.05) is 48.0 Å². The number of hydrogen-bond acceptors (Lipinski definition) is 4. The second kappa shape index (κ2) is 8.53. The van der Waals surface area contributed by atoms with Crippen LogP contribution in [0.5, 0.6) is 0 Å². The van der Waals surface area contributed by atoms with Gasteiger partial charge in [0.1, 0.15) is 0 Å². The van der Waals surface area contributed by atoms with Crippen LogP contribution < -0.4 is 4.72 Å². The fourth-order valence-corrected chi connectivity index (χ4v) is 3.48. The first-order chi connectivity index (χ1) is 12.4. The lowest BCUT2D eigenvalue weighted by Crippen LogP contribution is -2.38. The molecule has 0 saturated heterocycles. The Kier molecular flexibility index (Phi) is 6.41. The molecule has 1 N–H and O–H groups in total. The number of nitrogens with one attached hydrogen (secondary N) is 1. The topological polar surface area (TPSA) is 109 Å². The van der Waals surface area contributed by atoms with Crippen LogP contribution in [-0.4, -0.2) is 31.5 Å². The number of carbonyl (C=O) groups is 1. The molecule has 8 heteroatoms. The summed E-state index contributed by atoms with van der Waals surface area (Å²) in [5.74, 6) is -0.907. The number of aryl methyl sites for hydroxylation is 1. The third-order valence-corrected chi connectivity index (χ3v) is 5.04. The van der Waals surface area contributed by atoms with E-state index in [2.05, 4.69) is 9.51 Å². The Morgan fingerprint density at radius 1 is 1.15 bits per heavy atom. The SMILES string of the molecule is CCOC(=O)C(=[N+]=[N-])C(NS(=O)(=O)c1ccc(C)cc1)c1ccccc1. The van der Waals surface area contributed by atoms with Crippen LogP contribution in [0.15, 0.2) is 59.5 Å². The summed E-state index contributed by atoms with van der Waals surface area (Å²) in [6, 6.07) is 13.4. The van der Waals surface area contributed by atoms with Crippen LogP contribution in [0.4, 0.5) is 0 Å². The molecule has 0 aliphatic heterocycles. The molecule has 0 aliphatic rings. The fraction of sp³-hybridized carbons (Fsp3) is 0.222. The Labute approximate surface area is 152 Å². The highest BCUT2D eigenvalue weighted by Gasteiger charge is 2.37. The number of rotatable bonds is 7. The van der Waals surface area contributed by atoms with Gasteiger partial charge in [-0.3, -0.25) is 0 Å². The van der Waals surface area contributed by atoms with Crippen LogP contribution in [0.3, 0.4) is 0 Å². The van der Waals surface area contributed by atoms with Crippen molar-refractivity contribution in [1.29, 1.82) is 0 Å². The quantitative estimate of drug-likeness (QED) is 0.347. The number of hydrogen-bond donors (Lipinski definition) is 1. The fourth-order valence-electron chi connectivity index (χ4n) is 2.29. The summed E-state index contributed by atoms with van der Waals surface area (Å²) < 4.78 is 32.7. The van der Waals surface area contributed by atoms with Crippen molar-refractivity contribution in [1.82, 2.24) is 4.72 Å². The van der Waals surface area contributed by atoms with Crippen molar-refractivity contribution in [2.45, 2.75) is 24.8 Å². The normalized spacial score (nSPS) is 12.1. The van der Waals surface area contributed by atoms with E-state index in [0.717, 1.165) is 5.56 Å². The van der Waals surface area contributed by atoms with Gasteiger partial charge in [-0.25, -0.2) is 13.2 Å². The zero-order valence-corrected chi connectivity index (χ0v) is 15.2. The van der Waals surface area contributed by atoms with Gasteiger partial charge in [0, 0.05) is 0 Å². The Morgan fingerprint density at radius 3 is 2.31 bits per heavy atom. The monoisotopic (exact) mass is 373 g/mol. The molecule has 0 radical (unpaired) electrons. The van der Waals surface area contributed by atoms with Crippen molar-refractivity contribution in [2.75, 3.05) is 6.61 Å². The lowest BCUT2D eigenvalue weighted by molar-refractivity contribution is -0.140. The van der Waals surface area contributed by atoms with E-state index in [1.165, 1.54) is 12.1 Å². The number of esters is 1. The summed E-state index contributed by atoms with van der Waals surface area (Å²) in [4.78, 5) is 15.1. The first-order valence-electron chi connectivity index (χ1n) is 7.92. The molecule has 136 valence electrons. The molecule has 2 aromatic rings. The average Bonchev–Trinajstić information content (AvgIpc) is 2.63. The summed E-state index contributed by atoms with van der Waals surface area (Å²) in [6.45, 7) is 3.50. The largest absolute Gasteiger partial charge is 0.457 e. The van der Waals surface area contributed by atoms with Gasteiger partial charge in [-0.05, 0) is 31.5 Å². The summed E-state index contributed by atoms with van der Waals surface area (Å²) >= 11 is 0. The third kappa shape index (κ3) is 4.64. The van der Waals surface area contributed by atoms with Crippen LogP contribution in [0, 0.1) is 6.92 Å². The van der Waals surface area contributed by atoms with E-state index < -0.39 is 27.7 Å². The molecule has 0 amide bonds. The maximum absolute atomic E-state index is 12.7. The first kappa shape index (κ1) is 19.5. The summed E-state index contributed by atoms with van der Waals surface area (Å²) in [5.41, 5.74) is 10.2. The number of benzene rings is 2. The van der Waals surface area contributed by atoms with E-state index in [4.69, 9.17) is 4.74 Å². The summed E-state index contributed by atoms with van der Waals surface area (Å²) in [6.07, 6.45) is 0. The van der Waals surface area contributed by atoms with Crippen molar-refractivity contribution in [3.8, 4) is 0 Å².